The van der Waals surface area contributed by atoms with Crippen molar-refractivity contribution in [2.24, 2.45) is 0 Å². The Morgan fingerprint density at radius 1 is 1.08 bits per heavy atom. The lowest BCUT2D eigenvalue weighted by Crippen LogP contribution is -2.27. The molecule has 0 spiro atoms. The zero-order chi connectivity index (χ0) is 18.0. The average Bonchev–Trinajstić information content (AvgIpc) is 2.91. The van der Waals surface area contributed by atoms with Crippen molar-refractivity contribution in [1.82, 2.24) is 0 Å². The van der Waals surface area contributed by atoms with Gasteiger partial charge in [0.15, 0.2) is 0 Å². The van der Waals surface area contributed by atoms with Gasteiger partial charge in [0, 0.05) is 5.02 Å². The number of ether oxygens (including phenoxy) is 1. The summed E-state index contributed by atoms with van der Waals surface area (Å²) in [5.41, 5.74) is 2.15. The number of halogens is 1. The van der Waals surface area contributed by atoms with Gasteiger partial charge in [-0.05, 0) is 73.1 Å². The van der Waals surface area contributed by atoms with E-state index >= 15 is 0 Å². The van der Waals surface area contributed by atoms with Crippen LogP contribution in [0.4, 0.5) is 10.5 Å². The smallest absolute Gasteiger partial charge is 0.298 e. The largest absolute Gasteiger partial charge is 0.494 e. The minimum atomic E-state index is -0.313. The van der Waals surface area contributed by atoms with Gasteiger partial charge in [-0.1, -0.05) is 23.7 Å². The lowest BCUT2D eigenvalue weighted by Gasteiger charge is -2.13. The maximum absolute atomic E-state index is 12.8. The Labute approximate surface area is 155 Å². The van der Waals surface area contributed by atoms with E-state index in [4.69, 9.17) is 16.3 Å². The number of benzene rings is 2. The van der Waals surface area contributed by atoms with Crippen LogP contribution in [0.2, 0.25) is 5.02 Å². The highest BCUT2D eigenvalue weighted by Gasteiger charge is 2.37. The molecule has 2 aromatic rings. The molecule has 4 nitrogen and oxygen atoms in total. The Morgan fingerprint density at radius 3 is 2.32 bits per heavy atom. The van der Waals surface area contributed by atoms with Gasteiger partial charge < -0.3 is 4.74 Å². The highest BCUT2D eigenvalue weighted by Crippen LogP contribution is 2.39. The monoisotopic (exact) mass is 373 g/mol. The highest BCUT2D eigenvalue weighted by molar-refractivity contribution is 8.19. The van der Waals surface area contributed by atoms with Gasteiger partial charge in [-0.15, -0.1) is 0 Å². The summed E-state index contributed by atoms with van der Waals surface area (Å²) < 4.78 is 5.39. The molecular weight excluding hydrogens is 358 g/mol. The van der Waals surface area contributed by atoms with Crippen molar-refractivity contribution in [3.63, 3.8) is 0 Å². The maximum Gasteiger partial charge on any atom is 0.298 e. The second-order valence-electron chi connectivity index (χ2n) is 5.40. The third kappa shape index (κ3) is 3.57. The summed E-state index contributed by atoms with van der Waals surface area (Å²) in [6.45, 7) is 4.29. The van der Waals surface area contributed by atoms with Crippen LogP contribution in [0, 0.1) is 0 Å². The molecule has 1 saturated heterocycles. The van der Waals surface area contributed by atoms with Crippen LogP contribution < -0.4 is 9.64 Å². The Hall–Kier alpha value is -2.24. The van der Waals surface area contributed by atoms with Crippen LogP contribution in [-0.4, -0.2) is 17.8 Å². The molecule has 1 aliphatic heterocycles. The number of thioether (sulfide) groups is 1. The molecule has 0 aliphatic carbocycles. The van der Waals surface area contributed by atoms with E-state index < -0.39 is 0 Å². The minimum absolute atomic E-state index is 0.308. The predicted molar refractivity (Wildman–Crippen MR) is 102 cm³/mol. The van der Waals surface area contributed by atoms with Crippen LogP contribution in [0.15, 0.2) is 53.4 Å². The fourth-order valence-corrected chi connectivity index (χ4v) is 3.54. The zero-order valence-corrected chi connectivity index (χ0v) is 15.4. The molecule has 0 saturated carbocycles. The molecule has 128 valence electrons. The quantitative estimate of drug-likeness (QED) is 0.676. The van der Waals surface area contributed by atoms with Crippen molar-refractivity contribution in [3.05, 3.63) is 64.0 Å². The molecule has 3 rings (SSSR count). The summed E-state index contributed by atoms with van der Waals surface area (Å²) in [7, 11) is 0. The number of hydrogen-bond acceptors (Lipinski definition) is 4. The molecule has 0 aromatic heterocycles. The first-order valence-corrected chi connectivity index (χ1v) is 8.96. The van der Waals surface area contributed by atoms with Crippen LogP contribution in [0.25, 0.3) is 5.57 Å². The zero-order valence-electron chi connectivity index (χ0n) is 13.8. The molecular formula is C19H16ClNO3S. The predicted octanol–water partition coefficient (Wildman–Crippen LogP) is 5.37. The van der Waals surface area contributed by atoms with E-state index in [1.54, 1.807) is 36.4 Å². The SMILES string of the molecule is CCOc1ccc(N2C(=O)S/C(=C(/C)c3ccc(Cl)cc3)C2=O)cc1. The van der Waals surface area contributed by atoms with E-state index in [-0.39, 0.29) is 11.1 Å². The first-order chi connectivity index (χ1) is 12.0. The standard InChI is InChI=1S/C19H16ClNO3S/c1-3-24-16-10-8-15(9-11-16)21-18(22)17(25-19(21)23)12(2)13-4-6-14(20)7-5-13/h4-11H,3H2,1-2H3/b17-12-. The summed E-state index contributed by atoms with van der Waals surface area (Å²) in [6, 6.07) is 14.1. The third-order valence-corrected chi connectivity index (χ3v) is 5.09. The van der Waals surface area contributed by atoms with Crippen LogP contribution in [0.3, 0.4) is 0 Å². The van der Waals surface area contributed by atoms with E-state index in [0.717, 1.165) is 22.9 Å². The molecule has 0 N–H and O–H groups in total. The molecule has 0 atom stereocenters. The van der Waals surface area contributed by atoms with E-state index in [9.17, 15) is 9.59 Å². The minimum Gasteiger partial charge on any atom is -0.494 e. The molecule has 2 aromatic carbocycles. The Bertz CT molecular complexity index is 844. The van der Waals surface area contributed by atoms with Gasteiger partial charge in [-0.2, -0.15) is 0 Å². The number of imide groups is 1. The molecule has 2 amide bonds. The topological polar surface area (TPSA) is 46.6 Å². The third-order valence-electron chi connectivity index (χ3n) is 3.79. The first kappa shape index (κ1) is 17.6. The van der Waals surface area contributed by atoms with Crippen molar-refractivity contribution >= 4 is 45.8 Å². The molecule has 6 heteroatoms. The lowest BCUT2D eigenvalue weighted by atomic mass is 10.1. The Morgan fingerprint density at radius 2 is 1.72 bits per heavy atom. The number of carbonyl (C=O) groups excluding carboxylic acids is 2. The summed E-state index contributed by atoms with van der Waals surface area (Å²) in [6.07, 6.45) is 0. The molecule has 0 bridgehead atoms. The molecule has 1 fully saturated rings. The van der Waals surface area contributed by atoms with E-state index in [2.05, 4.69) is 0 Å². The number of anilines is 1. The number of amides is 2. The van der Waals surface area contributed by atoms with Crippen LogP contribution >= 0.6 is 23.4 Å². The van der Waals surface area contributed by atoms with Gasteiger partial charge in [0.2, 0.25) is 0 Å². The van der Waals surface area contributed by atoms with Crippen LogP contribution in [-0.2, 0) is 4.79 Å². The fraction of sp³-hybridized carbons (Fsp3) is 0.158. The van der Waals surface area contributed by atoms with Gasteiger partial charge >= 0.3 is 0 Å². The van der Waals surface area contributed by atoms with Crippen LogP contribution in [0.5, 0.6) is 5.75 Å². The Balaban J connectivity index is 1.91. The van der Waals surface area contributed by atoms with Gasteiger partial charge in [0.1, 0.15) is 5.75 Å². The normalized spacial score (nSPS) is 16.4. The van der Waals surface area contributed by atoms with Crippen molar-refractivity contribution < 1.29 is 14.3 Å². The second-order valence-corrected chi connectivity index (χ2v) is 6.79. The van der Waals surface area contributed by atoms with Gasteiger partial charge in [-0.25, -0.2) is 4.90 Å². The maximum atomic E-state index is 12.8. The fourth-order valence-electron chi connectivity index (χ4n) is 2.51. The second kappa shape index (κ2) is 7.33. The van der Waals surface area contributed by atoms with Crippen molar-refractivity contribution in [2.45, 2.75) is 13.8 Å². The lowest BCUT2D eigenvalue weighted by molar-refractivity contribution is -0.113. The van der Waals surface area contributed by atoms with E-state index in [1.165, 1.54) is 4.90 Å². The average molecular weight is 374 g/mol. The van der Waals surface area contributed by atoms with E-state index in [1.807, 2.05) is 26.0 Å². The number of hydrogen-bond donors (Lipinski definition) is 0. The van der Waals surface area contributed by atoms with Gasteiger partial charge in [0.05, 0.1) is 17.2 Å². The Kier molecular flexibility index (Phi) is 5.16. The molecule has 1 heterocycles. The number of rotatable bonds is 4. The summed E-state index contributed by atoms with van der Waals surface area (Å²) in [4.78, 5) is 26.8. The molecule has 25 heavy (non-hydrogen) atoms. The van der Waals surface area contributed by atoms with Gasteiger partial charge in [-0.3, -0.25) is 9.59 Å². The number of allylic oxidation sites excluding steroid dienone is 1. The molecule has 1 aliphatic rings. The number of carbonyl (C=O) groups is 2. The highest BCUT2D eigenvalue weighted by atomic mass is 35.5. The molecule has 0 unspecified atom stereocenters. The summed E-state index contributed by atoms with van der Waals surface area (Å²) >= 11 is 6.86. The molecule has 0 radical (unpaired) electrons. The van der Waals surface area contributed by atoms with Gasteiger partial charge in [0.25, 0.3) is 11.1 Å². The van der Waals surface area contributed by atoms with Crippen molar-refractivity contribution in [3.8, 4) is 5.75 Å². The summed E-state index contributed by atoms with van der Waals surface area (Å²) in [5.74, 6) is 0.387. The van der Waals surface area contributed by atoms with Crippen molar-refractivity contribution in [1.29, 1.82) is 0 Å². The first-order valence-electron chi connectivity index (χ1n) is 7.77. The van der Waals surface area contributed by atoms with Crippen LogP contribution in [0.1, 0.15) is 19.4 Å². The van der Waals surface area contributed by atoms with E-state index in [0.29, 0.717) is 28.0 Å². The van der Waals surface area contributed by atoms with Crippen molar-refractivity contribution in [2.75, 3.05) is 11.5 Å². The summed E-state index contributed by atoms with van der Waals surface area (Å²) in [5, 5.41) is 0.316. The number of nitrogens with zero attached hydrogens (tertiary/aromatic N) is 1.